The fourth-order valence-electron chi connectivity index (χ4n) is 2.84. The molecule has 0 aliphatic heterocycles. The van der Waals surface area contributed by atoms with Gasteiger partial charge in [-0.15, -0.1) is 0 Å². The number of rotatable bonds is 5. The Morgan fingerprint density at radius 1 is 0.962 bits per heavy atom. The van der Waals surface area contributed by atoms with E-state index in [-0.39, 0.29) is 11.4 Å². The monoisotopic (exact) mass is 356 g/mol. The third kappa shape index (κ3) is 3.69. The molecule has 1 N–H and O–H groups in total. The molecule has 26 heavy (non-hydrogen) atoms. The lowest BCUT2D eigenvalue weighted by atomic mass is 9.92. The summed E-state index contributed by atoms with van der Waals surface area (Å²) in [4.78, 5) is 20.7. The van der Waals surface area contributed by atoms with Crippen molar-refractivity contribution in [2.75, 3.05) is 5.43 Å². The molecule has 0 saturated heterocycles. The zero-order valence-corrected chi connectivity index (χ0v) is 15.3. The van der Waals surface area contributed by atoms with Gasteiger partial charge in [-0.2, -0.15) is 5.10 Å². The molecule has 0 aliphatic carbocycles. The van der Waals surface area contributed by atoms with E-state index in [9.17, 15) is 20.2 Å². The van der Waals surface area contributed by atoms with E-state index in [1.165, 1.54) is 12.1 Å². The number of nitro groups is 2. The summed E-state index contributed by atoms with van der Waals surface area (Å²) in [6.07, 6.45) is 0. The van der Waals surface area contributed by atoms with Crippen LogP contribution in [-0.4, -0.2) is 15.6 Å². The summed E-state index contributed by atoms with van der Waals surface area (Å²) in [7, 11) is 0. The van der Waals surface area contributed by atoms with E-state index >= 15 is 0 Å². The van der Waals surface area contributed by atoms with Crippen LogP contribution in [0.25, 0.3) is 0 Å². The van der Waals surface area contributed by atoms with E-state index in [2.05, 4.69) is 16.6 Å². The lowest BCUT2D eigenvalue weighted by Gasteiger charge is -2.15. The minimum atomic E-state index is -0.673. The van der Waals surface area contributed by atoms with E-state index < -0.39 is 15.5 Å². The summed E-state index contributed by atoms with van der Waals surface area (Å²) < 4.78 is 0. The van der Waals surface area contributed by atoms with Gasteiger partial charge in [-0.05, 0) is 62.9 Å². The van der Waals surface area contributed by atoms with Gasteiger partial charge in [0.1, 0.15) is 5.69 Å². The highest BCUT2D eigenvalue weighted by molar-refractivity contribution is 6.02. The number of hydrogen-bond acceptors (Lipinski definition) is 6. The largest absolute Gasteiger partial charge is 0.301 e. The lowest BCUT2D eigenvalue weighted by molar-refractivity contribution is -0.393. The first-order valence-corrected chi connectivity index (χ1v) is 7.94. The summed E-state index contributed by atoms with van der Waals surface area (Å²) in [5.41, 5.74) is 8.16. The van der Waals surface area contributed by atoms with Crippen LogP contribution in [0.3, 0.4) is 0 Å². The van der Waals surface area contributed by atoms with Crippen molar-refractivity contribution < 1.29 is 9.85 Å². The Bertz CT molecular complexity index is 909. The molecule has 136 valence electrons. The molecule has 2 aromatic carbocycles. The van der Waals surface area contributed by atoms with Crippen LogP contribution in [0.4, 0.5) is 17.1 Å². The van der Waals surface area contributed by atoms with Gasteiger partial charge in [-0.1, -0.05) is 6.07 Å². The third-order valence-corrected chi connectivity index (χ3v) is 4.46. The van der Waals surface area contributed by atoms with Gasteiger partial charge in [0.15, 0.2) is 0 Å². The standard InChI is InChI=1S/C18H20N4O4/c1-10-8-11(2)13(4)18(12(10)3)14(5)19-20-16-7-6-15(21(23)24)9-17(16)22(25)26/h6-9,20H,1-5H3. The van der Waals surface area contributed by atoms with Crippen molar-refractivity contribution in [3.63, 3.8) is 0 Å². The number of nitro benzene ring substituents is 2. The average Bonchev–Trinajstić information content (AvgIpc) is 2.58. The predicted molar refractivity (Wildman–Crippen MR) is 101 cm³/mol. The Morgan fingerprint density at radius 2 is 1.54 bits per heavy atom. The Balaban J connectivity index is 2.45. The molecule has 0 bridgehead atoms. The van der Waals surface area contributed by atoms with Gasteiger partial charge < -0.3 is 0 Å². The summed E-state index contributed by atoms with van der Waals surface area (Å²) in [6, 6.07) is 5.51. The van der Waals surface area contributed by atoms with Crippen LogP contribution >= 0.6 is 0 Å². The van der Waals surface area contributed by atoms with Crippen molar-refractivity contribution in [1.29, 1.82) is 0 Å². The fourth-order valence-corrected chi connectivity index (χ4v) is 2.84. The van der Waals surface area contributed by atoms with Gasteiger partial charge in [0, 0.05) is 11.6 Å². The first-order valence-electron chi connectivity index (χ1n) is 7.94. The van der Waals surface area contributed by atoms with Crippen LogP contribution in [0.1, 0.15) is 34.7 Å². The van der Waals surface area contributed by atoms with E-state index in [1.807, 2.05) is 34.6 Å². The number of benzene rings is 2. The van der Waals surface area contributed by atoms with E-state index in [0.717, 1.165) is 33.9 Å². The number of non-ortho nitro benzene ring substituents is 1. The molecule has 0 unspecified atom stereocenters. The smallest absolute Gasteiger partial charge is 0.271 e. The highest BCUT2D eigenvalue weighted by Crippen LogP contribution is 2.29. The van der Waals surface area contributed by atoms with Crippen LogP contribution in [0.2, 0.25) is 0 Å². The molecule has 0 aliphatic rings. The van der Waals surface area contributed by atoms with Gasteiger partial charge in [0.05, 0.1) is 21.6 Å². The number of anilines is 1. The number of nitrogens with one attached hydrogen (secondary N) is 1. The first-order chi connectivity index (χ1) is 12.1. The molecule has 2 rings (SSSR count). The number of aryl methyl sites for hydroxylation is 2. The third-order valence-electron chi connectivity index (χ3n) is 4.46. The van der Waals surface area contributed by atoms with Gasteiger partial charge in [0.2, 0.25) is 0 Å². The maximum absolute atomic E-state index is 11.2. The van der Waals surface area contributed by atoms with Crippen LogP contribution in [0, 0.1) is 47.9 Å². The maximum Gasteiger partial charge on any atom is 0.301 e. The number of nitrogens with zero attached hydrogens (tertiary/aromatic N) is 3. The van der Waals surface area contributed by atoms with Gasteiger partial charge in [-0.3, -0.25) is 25.7 Å². The molecule has 8 heteroatoms. The SMILES string of the molecule is CC(=NNc1ccc([N+](=O)[O-])cc1[N+](=O)[O-])c1c(C)c(C)cc(C)c1C. The second kappa shape index (κ2) is 7.30. The summed E-state index contributed by atoms with van der Waals surface area (Å²) in [5, 5.41) is 26.3. The minimum Gasteiger partial charge on any atom is -0.271 e. The molecule has 0 atom stereocenters. The number of hydrazone groups is 1. The fraction of sp³-hybridized carbons (Fsp3) is 0.278. The topological polar surface area (TPSA) is 111 Å². The normalized spacial score (nSPS) is 11.3. The molecule has 0 spiro atoms. The summed E-state index contributed by atoms with van der Waals surface area (Å²) >= 11 is 0. The van der Waals surface area contributed by atoms with Gasteiger partial charge in [0.25, 0.3) is 5.69 Å². The average molecular weight is 356 g/mol. The van der Waals surface area contributed by atoms with Crippen molar-refractivity contribution in [3.8, 4) is 0 Å². The van der Waals surface area contributed by atoms with Crippen molar-refractivity contribution in [3.05, 3.63) is 72.3 Å². The van der Waals surface area contributed by atoms with Gasteiger partial charge >= 0.3 is 5.69 Å². The molecule has 0 aromatic heterocycles. The van der Waals surface area contributed by atoms with Crippen molar-refractivity contribution in [2.24, 2.45) is 5.10 Å². The van der Waals surface area contributed by atoms with Gasteiger partial charge in [-0.25, -0.2) is 0 Å². The number of hydrogen-bond donors (Lipinski definition) is 1. The Labute approximate surface area is 150 Å². The molecular formula is C18H20N4O4. The molecule has 0 heterocycles. The predicted octanol–water partition coefficient (Wildman–Crippen LogP) is 4.57. The molecule has 2 aromatic rings. The van der Waals surface area contributed by atoms with Crippen molar-refractivity contribution >= 4 is 22.8 Å². The quantitative estimate of drug-likeness (QED) is 0.479. The van der Waals surface area contributed by atoms with Crippen LogP contribution in [0.15, 0.2) is 29.4 Å². The van der Waals surface area contributed by atoms with E-state index in [1.54, 1.807) is 0 Å². The molecule has 0 radical (unpaired) electrons. The second-order valence-corrected chi connectivity index (χ2v) is 6.16. The zero-order valence-electron chi connectivity index (χ0n) is 15.3. The zero-order chi connectivity index (χ0) is 19.6. The van der Waals surface area contributed by atoms with Crippen LogP contribution in [-0.2, 0) is 0 Å². The minimum absolute atomic E-state index is 0.0969. The highest BCUT2D eigenvalue weighted by atomic mass is 16.6. The van der Waals surface area contributed by atoms with Crippen LogP contribution < -0.4 is 5.43 Å². The van der Waals surface area contributed by atoms with Crippen LogP contribution in [0.5, 0.6) is 0 Å². The molecule has 0 saturated carbocycles. The molecular weight excluding hydrogens is 336 g/mol. The Kier molecular flexibility index (Phi) is 5.35. The molecule has 0 amide bonds. The van der Waals surface area contributed by atoms with Crippen molar-refractivity contribution in [1.82, 2.24) is 0 Å². The highest BCUT2D eigenvalue weighted by Gasteiger charge is 2.19. The molecule has 8 nitrogen and oxygen atoms in total. The van der Waals surface area contributed by atoms with Crippen molar-refractivity contribution in [2.45, 2.75) is 34.6 Å². The summed E-state index contributed by atoms with van der Waals surface area (Å²) in [6.45, 7) is 9.87. The maximum atomic E-state index is 11.2. The van der Waals surface area contributed by atoms with E-state index in [0.29, 0.717) is 5.71 Å². The Hall–Kier alpha value is -3.29. The first kappa shape index (κ1) is 19.0. The second-order valence-electron chi connectivity index (χ2n) is 6.16. The Morgan fingerprint density at radius 3 is 2.04 bits per heavy atom. The van der Waals surface area contributed by atoms with E-state index in [4.69, 9.17) is 0 Å². The lowest BCUT2D eigenvalue weighted by Crippen LogP contribution is -2.08. The summed E-state index contributed by atoms with van der Waals surface area (Å²) in [5.74, 6) is 0. The molecule has 0 fully saturated rings.